The third kappa shape index (κ3) is 3.04. The van der Waals surface area contributed by atoms with Crippen molar-refractivity contribution in [1.82, 2.24) is 25.3 Å². The molecule has 0 bridgehead atoms. The summed E-state index contributed by atoms with van der Waals surface area (Å²) in [6.07, 6.45) is 1.79. The molecule has 2 heterocycles. The van der Waals surface area contributed by atoms with E-state index in [4.69, 9.17) is 0 Å². The zero-order valence-corrected chi connectivity index (χ0v) is 12.9. The summed E-state index contributed by atoms with van der Waals surface area (Å²) < 4.78 is 1.95. The zero-order chi connectivity index (χ0) is 14.7. The van der Waals surface area contributed by atoms with Gasteiger partial charge in [0.25, 0.3) is 0 Å². The maximum Gasteiger partial charge on any atom is 0.0676 e. The van der Waals surface area contributed by atoms with Gasteiger partial charge in [-0.25, -0.2) is 0 Å². The molecule has 0 amide bonds. The maximum atomic E-state index is 4.41. The molecule has 2 aromatic heterocycles. The Hall–Kier alpha value is -1.75. The van der Waals surface area contributed by atoms with Crippen LogP contribution in [0.5, 0.6) is 0 Å². The van der Waals surface area contributed by atoms with Crippen molar-refractivity contribution in [3.05, 3.63) is 40.5 Å². The minimum Gasteiger partial charge on any atom is -0.313 e. The molecule has 0 spiro atoms. The fraction of sp³-hybridized carbons (Fsp3) is 0.533. The van der Waals surface area contributed by atoms with Gasteiger partial charge < -0.3 is 5.32 Å². The second kappa shape index (κ2) is 6.13. The van der Waals surface area contributed by atoms with E-state index < -0.39 is 0 Å². The van der Waals surface area contributed by atoms with Gasteiger partial charge in [-0.15, -0.1) is 0 Å². The summed E-state index contributed by atoms with van der Waals surface area (Å²) in [5.74, 6) is 0. The van der Waals surface area contributed by atoms with Crippen molar-refractivity contribution >= 4 is 0 Å². The van der Waals surface area contributed by atoms with Gasteiger partial charge in [-0.2, -0.15) is 15.3 Å². The van der Waals surface area contributed by atoms with Gasteiger partial charge >= 0.3 is 0 Å². The third-order valence-corrected chi connectivity index (χ3v) is 3.60. The van der Waals surface area contributed by atoms with Crippen LogP contribution in [0.15, 0.2) is 12.1 Å². The number of aromatic nitrogens is 4. The Morgan fingerprint density at radius 1 is 1.20 bits per heavy atom. The van der Waals surface area contributed by atoms with Gasteiger partial charge in [0.05, 0.1) is 17.1 Å². The van der Waals surface area contributed by atoms with Crippen molar-refractivity contribution in [3.63, 3.8) is 0 Å². The number of rotatable bonds is 5. The molecule has 0 aromatic carbocycles. The Balaban J connectivity index is 2.33. The van der Waals surface area contributed by atoms with Crippen LogP contribution in [0, 0.1) is 13.8 Å². The van der Waals surface area contributed by atoms with E-state index in [0.717, 1.165) is 29.9 Å². The van der Waals surface area contributed by atoms with E-state index in [0.29, 0.717) is 0 Å². The molecule has 0 aliphatic carbocycles. The summed E-state index contributed by atoms with van der Waals surface area (Å²) >= 11 is 0. The molecule has 1 unspecified atom stereocenters. The van der Waals surface area contributed by atoms with Crippen LogP contribution in [-0.2, 0) is 19.9 Å². The highest BCUT2D eigenvalue weighted by Crippen LogP contribution is 2.21. The zero-order valence-electron chi connectivity index (χ0n) is 12.9. The second-order valence-corrected chi connectivity index (χ2v) is 5.19. The lowest BCUT2D eigenvalue weighted by atomic mass is 9.99. The smallest absolute Gasteiger partial charge is 0.0676 e. The Morgan fingerprint density at radius 3 is 2.50 bits per heavy atom. The highest BCUT2D eigenvalue weighted by molar-refractivity contribution is 5.26. The van der Waals surface area contributed by atoms with Crippen molar-refractivity contribution in [1.29, 1.82) is 0 Å². The summed E-state index contributed by atoms with van der Waals surface area (Å²) in [7, 11) is 3.98. The Morgan fingerprint density at radius 2 is 1.95 bits per heavy atom. The Kier molecular flexibility index (Phi) is 4.49. The summed E-state index contributed by atoms with van der Waals surface area (Å²) in [6, 6.07) is 4.50. The molecular weight excluding hydrogens is 250 g/mol. The summed E-state index contributed by atoms with van der Waals surface area (Å²) in [6.45, 7) is 6.12. The standard InChI is InChI=1S/C15H23N5/c1-6-14-13(8-10(2)17-18-14)15(16-4)9-12-7-11(3)19-20(12)5/h7-8,15-16H,6,9H2,1-5H3. The predicted octanol–water partition coefficient (Wildman–Crippen LogP) is 1.89. The van der Waals surface area contributed by atoms with Crippen LogP contribution in [0.1, 0.15) is 41.3 Å². The molecule has 5 heteroatoms. The highest BCUT2D eigenvalue weighted by Gasteiger charge is 2.17. The monoisotopic (exact) mass is 273 g/mol. The van der Waals surface area contributed by atoms with Gasteiger partial charge in [0.1, 0.15) is 0 Å². The lowest BCUT2D eigenvalue weighted by Crippen LogP contribution is -2.22. The molecule has 1 N–H and O–H groups in total. The van der Waals surface area contributed by atoms with E-state index in [-0.39, 0.29) is 6.04 Å². The van der Waals surface area contributed by atoms with Gasteiger partial charge in [-0.1, -0.05) is 6.92 Å². The number of nitrogens with one attached hydrogen (secondary N) is 1. The van der Waals surface area contributed by atoms with Crippen LogP contribution in [-0.4, -0.2) is 27.0 Å². The van der Waals surface area contributed by atoms with Crippen LogP contribution < -0.4 is 5.32 Å². The maximum absolute atomic E-state index is 4.41. The third-order valence-electron chi connectivity index (χ3n) is 3.60. The van der Waals surface area contributed by atoms with Gasteiger partial charge in [-0.05, 0) is 45.0 Å². The molecule has 5 nitrogen and oxygen atoms in total. The van der Waals surface area contributed by atoms with Gasteiger partial charge in [0, 0.05) is 25.2 Å². The van der Waals surface area contributed by atoms with E-state index in [9.17, 15) is 0 Å². The van der Waals surface area contributed by atoms with Crippen molar-refractivity contribution in [2.75, 3.05) is 7.05 Å². The fourth-order valence-corrected chi connectivity index (χ4v) is 2.54. The average Bonchev–Trinajstić information content (AvgIpc) is 2.74. The van der Waals surface area contributed by atoms with Crippen LogP contribution in [0.25, 0.3) is 0 Å². The van der Waals surface area contributed by atoms with E-state index >= 15 is 0 Å². The van der Waals surface area contributed by atoms with Crippen LogP contribution >= 0.6 is 0 Å². The largest absolute Gasteiger partial charge is 0.313 e. The molecule has 0 fully saturated rings. The van der Waals surface area contributed by atoms with Crippen LogP contribution in [0.4, 0.5) is 0 Å². The molecule has 0 aliphatic heterocycles. The molecule has 2 aromatic rings. The summed E-state index contributed by atoms with van der Waals surface area (Å²) in [5, 5.41) is 16.3. The molecule has 0 saturated heterocycles. The minimum absolute atomic E-state index is 0.231. The molecule has 0 radical (unpaired) electrons. The average molecular weight is 273 g/mol. The number of nitrogens with zero attached hydrogens (tertiary/aromatic N) is 4. The van der Waals surface area contributed by atoms with Gasteiger partial charge in [0.15, 0.2) is 0 Å². The van der Waals surface area contributed by atoms with E-state index in [2.05, 4.69) is 39.7 Å². The Labute approximate surface area is 120 Å². The van der Waals surface area contributed by atoms with Crippen molar-refractivity contribution < 1.29 is 0 Å². The second-order valence-electron chi connectivity index (χ2n) is 5.19. The molecule has 0 saturated carbocycles. The number of hydrogen-bond donors (Lipinski definition) is 1. The summed E-state index contributed by atoms with van der Waals surface area (Å²) in [4.78, 5) is 0. The fourth-order valence-electron chi connectivity index (χ4n) is 2.54. The normalized spacial score (nSPS) is 12.7. The first-order valence-corrected chi connectivity index (χ1v) is 7.05. The first kappa shape index (κ1) is 14.7. The van der Waals surface area contributed by atoms with E-state index in [1.54, 1.807) is 0 Å². The van der Waals surface area contributed by atoms with Crippen molar-refractivity contribution in [2.24, 2.45) is 7.05 Å². The molecule has 2 rings (SSSR count). The first-order valence-electron chi connectivity index (χ1n) is 7.05. The van der Waals surface area contributed by atoms with E-state index in [1.165, 1.54) is 11.3 Å². The van der Waals surface area contributed by atoms with Gasteiger partial charge in [0.2, 0.25) is 0 Å². The molecule has 20 heavy (non-hydrogen) atoms. The van der Waals surface area contributed by atoms with Gasteiger partial charge in [-0.3, -0.25) is 4.68 Å². The van der Waals surface area contributed by atoms with Crippen LogP contribution in [0.3, 0.4) is 0 Å². The molecular formula is C15H23N5. The summed E-state index contributed by atoms with van der Waals surface area (Å²) in [5.41, 5.74) is 5.53. The topological polar surface area (TPSA) is 55.6 Å². The quantitative estimate of drug-likeness (QED) is 0.904. The lowest BCUT2D eigenvalue weighted by Gasteiger charge is -2.19. The lowest BCUT2D eigenvalue weighted by molar-refractivity contribution is 0.551. The molecule has 1 atom stereocenters. The van der Waals surface area contributed by atoms with E-state index in [1.807, 2.05) is 32.6 Å². The number of aryl methyl sites for hydroxylation is 4. The van der Waals surface area contributed by atoms with Crippen LogP contribution in [0.2, 0.25) is 0 Å². The Bertz CT molecular complexity index is 588. The molecule has 0 aliphatic rings. The molecule has 108 valence electrons. The van der Waals surface area contributed by atoms with Crippen molar-refractivity contribution in [2.45, 2.75) is 39.7 Å². The predicted molar refractivity (Wildman–Crippen MR) is 79.6 cm³/mol. The number of hydrogen-bond acceptors (Lipinski definition) is 4. The minimum atomic E-state index is 0.231. The number of likely N-dealkylation sites (N-methyl/N-ethyl adjacent to an activating group) is 1. The van der Waals surface area contributed by atoms with Crippen molar-refractivity contribution in [3.8, 4) is 0 Å². The SMILES string of the molecule is CCc1nnc(C)cc1C(Cc1cc(C)nn1C)NC. The highest BCUT2D eigenvalue weighted by atomic mass is 15.3. The first-order chi connectivity index (χ1) is 9.55.